The molecule has 2 heteroatoms. The Kier molecular flexibility index (Phi) is 4.30. The second-order valence-corrected chi connectivity index (χ2v) is 19.4. The Morgan fingerprint density at radius 3 is 2.54 bits per heavy atom. The van der Waals surface area contributed by atoms with Gasteiger partial charge in [0.1, 0.15) is 0 Å². The fraction of sp³-hybridized carbons (Fsp3) is 0.818. The van der Waals surface area contributed by atoms with Gasteiger partial charge in [-0.15, -0.1) is 0 Å². The van der Waals surface area contributed by atoms with E-state index in [9.17, 15) is 0 Å². The van der Waals surface area contributed by atoms with Gasteiger partial charge in [0.2, 0.25) is 0 Å². The van der Waals surface area contributed by atoms with Crippen LogP contribution in [0.15, 0.2) is 9.67 Å². The molecule has 0 radical (unpaired) electrons. The number of hydrogen-bond acceptors (Lipinski definition) is 1. The van der Waals surface area contributed by atoms with Gasteiger partial charge in [0.15, 0.2) is 0 Å². The van der Waals surface area contributed by atoms with Gasteiger partial charge in [-0.05, 0) is 0 Å². The molecule has 1 unspecified atom stereocenters. The van der Waals surface area contributed by atoms with Crippen molar-refractivity contribution in [2.75, 3.05) is 7.11 Å². The van der Waals surface area contributed by atoms with Gasteiger partial charge in [0.25, 0.3) is 0 Å². The van der Waals surface area contributed by atoms with Gasteiger partial charge < -0.3 is 0 Å². The Morgan fingerprint density at radius 1 is 1.31 bits per heavy atom. The molecule has 0 bridgehead atoms. The zero-order valence-corrected chi connectivity index (χ0v) is 12.2. The molecule has 0 fully saturated rings. The summed E-state index contributed by atoms with van der Waals surface area (Å²) in [5.74, 6) is 0. The molecular formula is C11H22OSn. The Labute approximate surface area is 86.4 Å². The van der Waals surface area contributed by atoms with Gasteiger partial charge in [0.05, 0.1) is 0 Å². The molecule has 0 aromatic rings. The summed E-state index contributed by atoms with van der Waals surface area (Å²) in [4.78, 5) is 7.45. The predicted octanol–water partition coefficient (Wildman–Crippen LogP) is 3.38. The van der Waals surface area contributed by atoms with Crippen LogP contribution in [0, 0.1) is 0 Å². The topological polar surface area (TPSA) is 9.23 Å². The molecule has 0 amide bonds. The van der Waals surface area contributed by atoms with Gasteiger partial charge >= 0.3 is 86.5 Å². The summed E-state index contributed by atoms with van der Waals surface area (Å²) in [7, 11) is 1.86. The van der Waals surface area contributed by atoms with Crippen molar-refractivity contribution in [1.29, 1.82) is 0 Å². The van der Waals surface area contributed by atoms with Crippen LogP contribution in [0.1, 0.15) is 25.7 Å². The van der Waals surface area contributed by atoms with Gasteiger partial charge in [-0.1, -0.05) is 0 Å². The molecule has 13 heavy (non-hydrogen) atoms. The number of ether oxygens (including phenoxy) is 1. The van der Waals surface area contributed by atoms with Crippen LogP contribution in [0.2, 0.25) is 14.8 Å². The van der Waals surface area contributed by atoms with Crippen molar-refractivity contribution < 1.29 is 4.74 Å². The van der Waals surface area contributed by atoms with Crippen LogP contribution in [0.25, 0.3) is 0 Å². The minimum absolute atomic E-state index is 0.457. The Hall–Kier alpha value is 0.499. The van der Waals surface area contributed by atoms with Crippen molar-refractivity contribution >= 4 is 18.4 Å². The van der Waals surface area contributed by atoms with E-state index in [1.54, 1.807) is 3.59 Å². The van der Waals surface area contributed by atoms with Crippen molar-refractivity contribution in [3.63, 3.8) is 0 Å². The maximum atomic E-state index is 5.59. The molecule has 1 rings (SSSR count). The first kappa shape index (κ1) is 11.6. The predicted molar refractivity (Wildman–Crippen MR) is 60.7 cm³/mol. The Bertz CT molecular complexity index is 191. The van der Waals surface area contributed by atoms with E-state index >= 15 is 0 Å². The molecular weight excluding hydrogens is 267 g/mol. The molecule has 0 N–H and O–H groups in total. The molecule has 1 atom stereocenters. The number of allylic oxidation sites excluding steroid dienone is 1. The van der Waals surface area contributed by atoms with E-state index in [1.165, 1.54) is 25.7 Å². The average molecular weight is 289 g/mol. The Morgan fingerprint density at radius 2 is 2.00 bits per heavy atom. The summed E-state index contributed by atoms with van der Waals surface area (Å²) in [6.45, 7) is 0. The number of methoxy groups -OCH3 is 1. The van der Waals surface area contributed by atoms with E-state index in [0.717, 1.165) is 0 Å². The van der Waals surface area contributed by atoms with Crippen molar-refractivity contribution in [1.82, 2.24) is 0 Å². The third-order valence-electron chi connectivity index (χ3n) is 2.78. The van der Waals surface area contributed by atoms with Crippen LogP contribution in [0.5, 0.6) is 0 Å². The SMILES string of the molecule is COC1CCCCC=[C]1[Sn]([CH3])([CH3])[CH3]. The second-order valence-electron chi connectivity index (χ2n) is 4.92. The molecule has 1 aliphatic carbocycles. The van der Waals surface area contributed by atoms with E-state index in [4.69, 9.17) is 4.74 Å². The van der Waals surface area contributed by atoms with Gasteiger partial charge in [0, 0.05) is 0 Å². The molecule has 1 nitrogen and oxygen atoms in total. The number of rotatable bonds is 2. The fourth-order valence-electron chi connectivity index (χ4n) is 2.05. The summed E-state index contributed by atoms with van der Waals surface area (Å²) < 4.78 is 7.30. The van der Waals surface area contributed by atoms with E-state index in [1.807, 2.05) is 7.11 Å². The molecule has 0 aliphatic heterocycles. The second kappa shape index (κ2) is 4.83. The van der Waals surface area contributed by atoms with Gasteiger partial charge in [-0.25, -0.2) is 0 Å². The zero-order valence-electron chi connectivity index (χ0n) is 9.39. The first-order valence-corrected chi connectivity index (χ1v) is 15.3. The molecule has 0 saturated carbocycles. The van der Waals surface area contributed by atoms with E-state index in [-0.39, 0.29) is 0 Å². The third kappa shape index (κ3) is 3.28. The zero-order chi connectivity index (χ0) is 9.90. The van der Waals surface area contributed by atoms with Crippen molar-refractivity contribution in [3.05, 3.63) is 9.67 Å². The molecule has 0 saturated heterocycles. The summed E-state index contributed by atoms with van der Waals surface area (Å²) in [6.07, 6.45) is 8.15. The monoisotopic (exact) mass is 290 g/mol. The van der Waals surface area contributed by atoms with Crippen LogP contribution >= 0.6 is 0 Å². The van der Waals surface area contributed by atoms with Crippen LogP contribution in [0.3, 0.4) is 0 Å². The number of hydrogen-bond donors (Lipinski definition) is 0. The van der Waals surface area contributed by atoms with Crippen LogP contribution in [-0.4, -0.2) is 31.6 Å². The summed E-state index contributed by atoms with van der Waals surface area (Å²) >= 11 is -1.86. The van der Waals surface area contributed by atoms with Gasteiger partial charge in [-0.2, -0.15) is 0 Å². The molecule has 0 aromatic heterocycles. The molecule has 0 aromatic carbocycles. The summed E-state index contributed by atoms with van der Waals surface area (Å²) in [5.41, 5.74) is 0. The molecule has 1 aliphatic rings. The van der Waals surface area contributed by atoms with E-state index in [0.29, 0.717) is 6.10 Å². The molecule has 76 valence electrons. The first-order valence-electron chi connectivity index (χ1n) is 5.29. The van der Waals surface area contributed by atoms with Crippen LogP contribution in [0.4, 0.5) is 0 Å². The first-order chi connectivity index (χ1) is 6.05. The van der Waals surface area contributed by atoms with Crippen molar-refractivity contribution in [3.8, 4) is 0 Å². The molecule has 0 heterocycles. The van der Waals surface area contributed by atoms with Crippen molar-refractivity contribution in [2.24, 2.45) is 0 Å². The van der Waals surface area contributed by atoms with Crippen molar-refractivity contribution in [2.45, 2.75) is 46.6 Å². The average Bonchev–Trinajstić information content (AvgIpc) is 2.26. The van der Waals surface area contributed by atoms with Crippen LogP contribution < -0.4 is 0 Å². The normalized spacial score (nSPS) is 25.2. The standard InChI is InChI=1S/C8H13O.3CH3.Sn/c1-9-8-6-4-2-3-5-7-8;;;;/h4,8H,2-3,5,7H2,1H3;3*1H3;. The molecule has 0 spiro atoms. The summed E-state index contributed by atoms with van der Waals surface area (Å²) in [5, 5.41) is 0. The quantitative estimate of drug-likeness (QED) is 0.708. The van der Waals surface area contributed by atoms with E-state index < -0.39 is 18.4 Å². The summed E-state index contributed by atoms with van der Waals surface area (Å²) in [6, 6.07) is 0. The van der Waals surface area contributed by atoms with E-state index in [2.05, 4.69) is 20.9 Å². The minimum atomic E-state index is -1.86. The van der Waals surface area contributed by atoms with Crippen LogP contribution in [-0.2, 0) is 4.74 Å². The Balaban J connectivity index is 2.80. The third-order valence-corrected chi connectivity index (χ3v) is 9.23. The fourth-order valence-corrected chi connectivity index (χ4v) is 7.72. The van der Waals surface area contributed by atoms with Gasteiger partial charge in [-0.3, -0.25) is 0 Å². The maximum absolute atomic E-state index is 5.59.